The number of hydrogen-bond acceptors (Lipinski definition) is 5. The molecule has 1 aromatic heterocycles. The lowest BCUT2D eigenvalue weighted by molar-refractivity contribution is -0.118. The third-order valence-corrected chi connectivity index (χ3v) is 4.44. The smallest absolute Gasteiger partial charge is 0.246 e. The fraction of sp³-hybridized carbons (Fsp3) is 0.312. The molecule has 0 radical (unpaired) electrons. The first-order chi connectivity index (χ1) is 11.7. The Balaban J connectivity index is 1.43. The Bertz CT molecular complexity index is 803. The largest absolute Gasteiger partial charge is 0.492 e. The van der Waals surface area contributed by atoms with Crippen molar-refractivity contribution in [2.75, 3.05) is 13.2 Å². The Morgan fingerprint density at radius 1 is 1.33 bits per heavy atom. The van der Waals surface area contributed by atoms with Crippen LogP contribution in [0, 0.1) is 0 Å². The van der Waals surface area contributed by atoms with Gasteiger partial charge in [-0.25, -0.2) is 9.98 Å². The van der Waals surface area contributed by atoms with Gasteiger partial charge in [-0.05, 0) is 18.6 Å². The maximum Gasteiger partial charge on any atom is 0.246 e. The van der Waals surface area contributed by atoms with Gasteiger partial charge in [-0.2, -0.15) is 0 Å². The van der Waals surface area contributed by atoms with Crippen LogP contribution in [0.3, 0.4) is 0 Å². The van der Waals surface area contributed by atoms with E-state index < -0.39 is 0 Å². The molecule has 0 aliphatic carbocycles. The molecule has 1 aromatic carbocycles. The quantitative estimate of drug-likeness (QED) is 0.841. The summed E-state index contributed by atoms with van der Waals surface area (Å²) >= 11 is 6.49. The first kappa shape index (κ1) is 15.0. The van der Waals surface area contributed by atoms with Crippen LogP contribution in [0.25, 0.3) is 0 Å². The molecule has 124 valence electrons. The molecule has 3 heterocycles. The van der Waals surface area contributed by atoms with E-state index in [1.54, 1.807) is 12.5 Å². The SMILES string of the molecule is O=C1CN2Cc3c(ccc(OCCCn4ccnc4)c3Cl)N=C2N1. The molecule has 0 unspecified atom stereocenters. The monoisotopic (exact) mass is 345 g/mol. The highest BCUT2D eigenvalue weighted by atomic mass is 35.5. The summed E-state index contributed by atoms with van der Waals surface area (Å²) in [5, 5.41) is 3.31. The van der Waals surface area contributed by atoms with Gasteiger partial charge in [0.05, 0.1) is 30.2 Å². The molecule has 0 bridgehead atoms. The molecule has 2 aliphatic rings. The highest BCUT2D eigenvalue weighted by Crippen LogP contribution is 2.38. The number of carbonyl (C=O) groups excluding carboxylic acids is 1. The van der Waals surface area contributed by atoms with Gasteiger partial charge in [0.15, 0.2) is 0 Å². The zero-order chi connectivity index (χ0) is 16.5. The predicted molar refractivity (Wildman–Crippen MR) is 89.4 cm³/mol. The lowest BCUT2D eigenvalue weighted by Crippen LogP contribution is -2.32. The molecular formula is C16H16ClN5O2. The van der Waals surface area contributed by atoms with Gasteiger partial charge in [-0.1, -0.05) is 11.6 Å². The minimum Gasteiger partial charge on any atom is -0.492 e. The Kier molecular flexibility index (Phi) is 3.86. The Hall–Kier alpha value is -2.54. The van der Waals surface area contributed by atoms with Gasteiger partial charge in [0.2, 0.25) is 11.9 Å². The molecule has 1 saturated heterocycles. The molecule has 24 heavy (non-hydrogen) atoms. The Morgan fingerprint density at radius 3 is 3.08 bits per heavy atom. The van der Waals surface area contributed by atoms with Crippen LogP contribution in [0.1, 0.15) is 12.0 Å². The number of amides is 1. The van der Waals surface area contributed by atoms with Gasteiger partial charge in [0, 0.05) is 24.5 Å². The number of aliphatic imine (C=N–C) groups is 1. The molecule has 1 fully saturated rings. The first-order valence-electron chi connectivity index (χ1n) is 7.74. The van der Waals surface area contributed by atoms with E-state index in [1.165, 1.54) is 0 Å². The van der Waals surface area contributed by atoms with E-state index in [0.717, 1.165) is 24.2 Å². The van der Waals surface area contributed by atoms with Crippen LogP contribution >= 0.6 is 11.6 Å². The second-order valence-corrected chi connectivity index (χ2v) is 6.10. The van der Waals surface area contributed by atoms with Crippen molar-refractivity contribution in [3.8, 4) is 5.75 Å². The van der Waals surface area contributed by atoms with E-state index >= 15 is 0 Å². The third-order valence-electron chi connectivity index (χ3n) is 4.02. The number of hydrogen-bond donors (Lipinski definition) is 1. The number of ether oxygens (including phenoxy) is 1. The minimum absolute atomic E-state index is 0.0475. The molecule has 4 rings (SSSR count). The lowest BCUT2D eigenvalue weighted by atomic mass is 10.1. The van der Waals surface area contributed by atoms with Crippen molar-refractivity contribution in [1.29, 1.82) is 0 Å². The normalized spacial score (nSPS) is 15.6. The summed E-state index contributed by atoms with van der Waals surface area (Å²) in [6.07, 6.45) is 6.32. The Labute approximate surface area is 143 Å². The number of benzene rings is 1. The van der Waals surface area contributed by atoms with E-state index in [-0.39, 0.29) is 5.91 Å². The number of nitrogens with one attached hydrogen (secondary N) is 1. The van der Waals surface area contributed by atoms with E-state index in [4.69, 9.17) is 16.3 Å². The fourth-order valence-corrected chi connectivity index (χ4v) is 3.10. The molecule has 0 atom stereocenters. The van der Waals surface area contributed by atoms with Crippen molar-refractivity contribution in [2.45, 2.75) is 19.5 Å². The number of halogens is 1. The minimum atomic E-state index is -0.0475. The van der Waals surface area contributed by atoms with Crippen LogP contribution in [-0.4, -0.2) is 39.5 Å². The molecular weight excluding hydrogens is 330 g/mol. The Morgan fingerprint density at radius 2 is 2.25 bits per heavy atom. The van der Waals surface area contributed by atoms with E-state index in [0.29, 0.717) is 36.4 Å². The summed E-state index contributed by atoms with van der Waals surface area (Å²) in [5.41, 5.74) is 1.67. The molecule has 1 N–H and O–H groups in total. The van der Waals surface area contributed by atoms with Crippen molar-refractivity contribution in [3.63, 3.8) is 0 Å². The average Bonchev–Trinajstić information content (AvgIpc) is 3.20. The number of guanidine groups is 1. The van der Waals surface area contributed by atoms with Gasteiger partial charge < -0.3 is 14.2 Å². The van der Waals surface area contributed by atoms with Crippen LogP contribution in [0.4, 0.5) is 5.69 Å². The first-order valence-corrected chi connectivity index (χ1v) is 8.12. The average molecular weight is 346 g/mol. The van der Waals surface area contributed by atoms with Crippen LogP contribution in [0.2, 0.25) is 5.02 Å². The van der Waals surface area contributed by atoms with Gasteiger partial charge in [0.1, 0.15) is 12.3 Å². The number of imidazole rings is 1. The van der Waals surface area contributed by atoms with E-state index in [9.17, 15) is 4.79 Å². The molecule has 1 amide bonds. The van der Waals surface area contributed by atoms with Gasteiger partial charge >= 0.3 is 0 Å². The number of aromatic nitrogens is 2. The van der Waals surface area contributed by atoms with Crippen LogP contribution in [-0.2, 0) is 17.9 Å². The van der Waals surface area contributed by atoms with Gasteiger partial charge in [-0.15, -0.1) is 0 Å². The zero-order valence-corrected chi connectivity index (χ0v) is 13.7. The standard InChI is InChI=1S/C16H16ClN5O2/c17-15-11-8-22-9-14(23)20-16(22)19-12(11)2-3-13(15)24-7-1-5-21-6-4-18-10-21/h2-4,6,10H,1,5,7-9H2,(H,19,20,23). The topological polar surface area (TPSA) is 71.8 Å². The van der Waals surface area contributed by atoms with Crippen molar-refractivity contribution in [3.05, 3.63) is 41.4 Å². The molecule has 0 spiro atoms. The lowest BCUT2D eigenvalue weighted by Gasteiger charge is -2.24. The van der Waals surface area contributed by atoms with E-state index in [2.05, 4.69) is 15.3 Å². The molecule has 2 aliphatic heterocycles. The van der Waals surface area contributed by atoms with Crippen LogP contribution < -0.4 is 10.1 Å². The number of rotatable bonds is 5. The summed E-state index contributed by atoms with van der Waals surface area (Å²) in [5.74, 6) is 1.20. The number of fused-ring (bicyclic) bond motifs is 2. The molecule has 7 nitrogen and oxygen atoms in total. The van der Waals surface area contributed by atoms with E-state index in [1.807, 2.05) is 27.8 Å². The second kappa shape index (κ2) is 6.16. The van der Waals surface area contributed by atoms with Gasteiger partial charge in [0.25, 0.3) is 0 Å². The summed E-state index contributed by atoms with van der Waals surface area (Å²) in [6, 6.07) is 3.70. The zero-order valence-electron chi connectivity index (χ0n) is 12.9. The summed E-state index contributed by atoms with van der Waals surface area (Å²) in [7, 11) is 0. The number of nitrogens with zero attached hydrogens (tertiary/aromatic N) is 4. The highest BCUT2D eigenvalue weighted by Gasteiger charge is 2.30. The van der Waals surface area contributed by atoms with Crippen LogP contribution in [0.5, 0.6) is 5.75 Å². The molecule has 2 aromatic rings. The maximum atomic E-state index is 11.5. The predicted octanol–water partition coefficient (Wildman–Crippen LogP) is 1.94. The summed E-state index contributed by atoms with van der Waals surface area (Å²) in [6.45, 7) is 2.27. The molecule has 0 saturated carbocycles. The van der Waals surface area contributed by atoms with Gasteiger partial charge in [-0.3, -0.25) is 10.1 Å². The highest BCUT2D eigenvalue weighted by molar-refractivity contribution is 6.33. The fourth-order valence-electron chi connectivity index (χ4n) is 2.83. The number of carbonyl (C=O) groups is 1. The van der Waals surface area contributed by atoms with Crippen molar-refractivity contribution >= 4 is 29.2 Å². The molecule has 8 heteroatoms. The maximum absolute atomic E-state index is 11.5. The summed E-state index contributed by atoms with van der Waals surface area (Å²) in [4.78, 5) is 21.8. The van der Waals surface area contributed by atoms with Crippen molar-refractivity contribution < 1.29 is 9.53 Å². The summed E-state index contributed by atoms with van der Waals surface area (Å²) < 4.78 is 7.82. The second-order valence-electron chi connectivity index (χ2n) is 5.72. The number of aryl methyl sites for hydroxylation is 1. The third kappa shape index (κ3) is 2.82. The van der Waals surface area contributed by atoms with Crippen molar-refractivity contribution in [2.24, 2.45) is 4.99 Å². The van der Waals surface area contributed by atoms with Crippen LogP contribution in [0.15, 0.2) is 35.8 Å². The van der Waals surface area contributed by atoms with Crippen molar-refractivity contribution in [1.82, 2.24) is 19.8 Å².